The van der Waals surface area contributed by atoms with Crippen molar-refractivity contribution >= 4 is 17.4 Å². The lowest BCUT2D eigenvalue weighted by molar-refractivity contribution is 1.03. The van der Waals surface area contributed by atoms with Gasteiger partial charge in [0.05, 0.1) is 5.75 Å². The van der Waals surface area contributed by atoms with Crippen LogP contribution in [0, 0.1) is 0 Å². The summed E-state index contributed by atoms with van der Waals surface area (Å²) in [6.45, 7) is 0. The Labute approximate surface area is 120 Å². The van der Waals surface area contributed by atoms with Gasteiger partial charge in [-0.15, -0.1) is 11.8 Å². The quantitative estimate of drug-likeness (QED) is 0.568. The zero-order chi connectivity index (χ0) is 13.8. The van der Waals surface area contributed by atoms with Crippen molar-refractivity contribution in [3.63, 3.8) is 0 Å². The van der Waals surface area contributed by atoms with Gasteiger partial charge >= 0.3 is 0 Å². The van der Waals surface area contributed by atoms with Crippen LogP contribution in [0.3, 0.4) is 0 Å². The Kier molecular flexibility index (Phi) is 3.64. The highest BCUT2D eigenvalue weighted by atomic mass is 32.2. The molecule has 0 saturated heterocycles. The van der Waals surface area contributed by atoms with Crippen molar-refractivity contribution in [3.8, 4) is 11.4 Å². The maximum Gasteiger partial charge on any atom is 0.181 e. The van der Waals surface area contributed by atoms with Crippen LogP contribution in [0.2, 0.25) is 0 Å². The number of nitrogens with two attached hydrogens (primary N) is 1. The minimum Gasteiger partial charge on any atom is -0.399 e. The minimum absolute atomic E-state index is 0.690. The summed E-state index contributed by atoms with van der Waals surface area (Å²) >= 11 is 1.67. The summed E-state index contributed by atoms with van der Waals surface area (Å²) in [6.07, 6.45) is 3.46. The molecule has 0 bridgehead atoms. The predicted molar refractivity (Wildman–Crippen MR) is 80.0 cm³/mol. The van der Waals surface area contributed by atoms with Gasteiger partial charge in [0.25, 0.3) is 0 Å². The molecule has 2 aromatic heterocycles. The van der Waals surface area contributed by atoms with E-state index in [1.807, 2.05) is 36.4 Å². The second-order valence-corrected chi connectivity index (χ2v) is 5.25. The molecule has 3 rings (SSSR count). The zero-order valence-electron chi connectivity index (χ0n) is 10.7. The van der Waals surface area contributed by atoms with Gasteiger partial charge in [-0.2, -0.15) is 5.10 Å². The summed E-state index contributed by atoms with van der Waals surface area (Å²) < 4.78 is 0. The molecule has 0 atom stereocenters. The fourth-order valence-electron chi connectivity index (χ4n) is 1.75. The number of nitrogens with one attached hydrogen (secondary N) is 1. The Balaban J connectivity index is 1.69. The third-order valence-electron chi connectivity index (χ3n) is 2.70. The largest absolute Gasteiger partial charge is 0.399 e. The summed E-state index contributed by atoms with van der Waals surface area (Å²) in [4.78, 5) is 9.57. The molecule has 0 saturated carbocycles. The molecule has 0 radical (unpaired) electrons. The third kappa shape index (κ3) is 2.97. The fraction of sp³-hybridized carbons (Fsp3) is 0.0714. The van der Waals surface area contributed by atoms with Crippen LogP contribution in [0.1, 0.15) is 5.82 Å². The van der Waals surface area contributed by atoms with Gasteiger partial charge < -0.3 is 5.73 Å². The van der Waals surface area contributed by atoms with Crippen LogP contribution in [0.5, 0.6) is 0 Å². The normalized spacial score (nSPS) is 10.6. The number of thioether (sulfide) groups is 1. The Morgan fingerprint density at radius 1 is 1.15 bits per heavy atom. The first kappa shape index (κ1) is 12.7. The molecule has 0 spiro atoms. The van der Waals surface area contributed by atoms with Gasteiger partial charge in [-0.1, -0.05) is 6.07 Å². The van der Waals surface area contributed by atoms with Crippen LogP contribution in [0.25, 0.3) is 11.4 Å². The molecular formula is C14H13N5S. The minimum atomic E-state index is 0.690. The van der Waals surface area contributed by atoms with Crippen molar-refractivity contribution in [1.29, 1.82) is 0 Å². The number of rotatable bonds is 4. The number of pyridine rings is 1. The second kappa shape index (κ2) is 5.75. The lowest BCUT2D eigenvalue weighted by Crippen LogP contribution is -1.86. The summed E-state index contributed by atoms with van der Waals surface area (Å²) in [5, 5.41) is 7.17. The molecule has 2 heterocycles. The first-order valence-electron chi connectivity index (χ1n) is 6.11. The van der Waals surface area contributed by atoms with E-state index < -0.39 is 0 Å². The molecule has 3 aromatic rings. The fourth-order valence-corrected chi connectivity index (χ4v) is 2.57. The number of hydrogen-bond donors (Lipinski definition) is 2. The Morgan fingerprint density at radius 3 is 2.80 bits per heavy atom. The summed E-state index contributed by atoms with van der Waals surface area (Å²) in [7, 11) is 0. The zero-order valence-corrected chi connectivity index (χ0v) is 11.5. The molecule has 100 valence electrons. The maximum absolute atomic E-state index is 5.75. The van der Waals surface area contributed by atoms with Gasteiger partial charge in [0, 0.05) is 28.5 Å². The number of hydrogen-bond acceptors (Lipinski definition) is 5. The molecule has 0 aliphatic heterocycles. The first-order valence-corrected chi connectivity index (χ1v) is 7.10. The molecular weight excluding hydrogens is 270 g/mol. The monoisotopic (exact) mass is 283 g/mol. The average molecular weight is 283 g/mol. The van der Waals surface area contributed by atoms with Gasteiger partial charge in [0.15, 0.2) is 5.82 Å². The van der Waals surface area contributed by atoms with E-state index in [0.717, 1.165) is 27.7 Å². The van der Waals surface area contributed by atoms with Crippen molar-refractivity contribution in [1.82, 2.24) is 20.2 Å². The SMILES string of the molecule is Nc1cccc(SCc2nc(-c3ccncc3)n[nH]2)c1. The highest BCUT2D eigenvalue weighted by Crippen LogP contribution is 2.23. The third-order valence-corrected chi connectivity index (χ3v) is 3.71. The molecule has 20 heavy (non-hydrogen) atoms. The number of nitrogens with zero attached hydrogens (tertiary/aromatic N) is 3. The van der Waals surface area contributed by atoms with E-state index in [-0.39, 0.29) is 0 Å². The van der Waals surface area contributed by atoms with Gasteiger partial charge in [-0.25, -0.2) is 4.98 Å². The van der Waals surface area contributed by atoms with Gasteiger partial charge in [0.2, 0.25) is 0 Å². The van der Waals surface area contributed by atoms with Gasteiger partial charge in [0.1, 0.15) is 5.82 Å². The molecule has 0 unspecified atom stereocenters. The smallest absolute Gasteiger partial charge is 0.181 e. The molecule has 0 amide bonds. The van der Waals surface area contributed by atoms with Crippen LogP contribution in [-0.2, 0) is 5.75 Å². The van der Waals surface area contributed by atoms with E-state index in [9.17, 15) is 0 Å². The van der Waals surface area contributed by atoms with Crippen LogP contribution in [-0.4, -0.2) is 20.2 Å². The molecule has 5 nitrogen and oxygen atoms in total. The van der Waals surface area contributed by atoms with Crippen molar-refractivity contribution < 1.29 is 0 Å². The molecule has 0 aliphatic rings. The Hall–Kier alpha value is -2.34. The van der Waals surface area contributed by atoms with Gasteiger partial charge in [-0.3, -0.25) is 10.1 Å². The lowest BCUT2D eigenvalue weighted by Gasteiger charge is -2.00. The molecule has 0 fully saturated rings. The molecule has 0 aliphatic carbocycles. The van der Waals surface area contributed by atoms with E-state index in [2.05, 4.69) is 20.2 Å². The van der Waals surface area contributed by atoms with E-state index in [4.69, 9.17) is 5.73 Å². The van der Waals surface area contributed by atoms with E-state index in [1.54, 1.807) is 24.2 Å². The van der Waals surface area contributed by atoms with E-state index in [0.29, 0.717) is 5.82 Å². The average Bonchev–Trinajstić information content (AvgIpc) is 2.95. The van der Waals surface area contributed by atoms with Crippen LogP contribution in [0.4, 0.5) is 5.69 Å². The van der Waals surface area contributed by atoms with Crippen molar-refractivity contribution in [3.05, 3.63) is 54.6 Å². The number of nitrogen functional groups attached to an aromatic ring is 1. The maximum atomic E-state index is 5.75. The van der Waals surface area contributed by atoms with Crippen LogP contribution >= 0.6 is 11.8 Å². The van der Waals surface area contributed by atoms with Crippen molar-refractivity contribution in [2.45, 2.75) is 10.6 Å². The topological polar surface area (TPSA) is 80.5 Å². The first-order chi connectivity index (χ1) is 9.81. The van der Waals surface area contributed by atoms with Crippen molar-refractivity contribution in [2.75, 3.05) is 5.73 Å². The van der Waals surface area contributed by atoms with E-state index >= 15 is 0 Å². The summed E-state index contributed by atoms with van der Waals surface area (Å²) in [6, 6.07) is 11.6. The molecule has 3 N–H and O–H groups in total. The Morgan fingerprint density at radius 2 is 2.00 bits per heavy atom. The standard InChI is InChI=1S/C14H13N5S/c15-11-2-1-3-12(8-11)20-9-13-17-14(19-18-13)10-4-6-16-7-5-10/h1-8H,9,15H2,(H,17,18,19). The number of anilines is 1. The number of aromatic amines is 1. The highest BCUT2D eigenvalue weighted by molar-refractivity contribution is 7.98. The molecule has 6 heteroatoms. The van der Waals surface area contributed by atoms with Crippen LogP contribution in [0.15, 0.2) is 53.7 Å². The van der Waals surface area contributed by atoms with Crippen LogP contribution < -0.4 is 5.73 Å². The second-order valence-electron chi connectivity index (χ2n) is 4.20. The van der Waals surface area contributed by atoms with E-state index in [1.165, 1.54) is 0 Å². The molecule has 1 aromatic carbocycles. The van der Waals surface area contributed by atoms with Crippen molar-refractivity contribution in [2.24, 2.45) is 0 Å². The summed E-state index contributed by atoms with van der Waals surface area (Å²) in [5.41, 5.74) is 7.48. The summed E-state index contributed by atoms with van der Waals surface area (Å²) in [5.74, 6) is 2.25. The predicted octanol–water partition coefficient (Wildman–Crippen LogP) is 2.74. The van der Waals surface area contributed by atoms with Gasteiger partial charge in [-0.05, 0) is 30.3 Å². The number of aromatic nitrogens is 4. The number of H-pyrrole nitrogens is 1. The highest BCUT2D eigenvalue weighted by Gasteiger charge is 2.06. The Bertz CT molecular complexity index is 696. The lowest BCUT2D eigenvalue weighted by atomic mass is 10.3. The number of benzene rings is 1.